The predicted octanol–water partition coefficient (Wildman–Crippen LogP) is 3.31. The second-order valence-corrected chi connectivity index (χ2v) is 5.86. The molecule has 0 radical (unpaired) electrons. The van der Waals surface area contributed by atoms with E-state index in [4.69, 9.17) is 5.73 Å². The van der Waals surface area contributed by atoms with Crippen LogP contribution < -0.4 is 5.73 Å². The molecule has 0 spiro atoms. The fourth-order valence-electron chi connectivity index (χ4n) is 1.79. The zero-order chi connectivity index (χ0) is 12.7. The Morgan fingerprint density at radius 3 is 2.17 bits per heavy atom. The third-order valence-corrected chi connectivity index (χ3v) is 2.87. The molecule has 0 aromatic heterocycles. The van der Waals surface area contributed by atoms with E-state index < -0.39 is 0 Å². The molecule has 0 aliphatic rings. The molecule has 18 heavy (non-hydrogen) atoms. The Morgan fingerprint density at radius 2 is 1.67 bits per heavy atom. The summed E-state index contributed by atoms with van der Waals surface area (Å²) in [6, 6.07) is 10.6. The maximum Gasteiger partial charge on any atom is 0.0234 e. The van der Waals surface area contributed by atoms with Crippen molar-refractivity contribution in [3.8, 4) is 0 Å². The molecule has 0 atom stereocenters. The second kappa shape index (κ2) is 8.52. The smallest absolute Gasteiger partial charge is 0.0234 e. The number of hydrogen-bond acceptors (Lipinski definition) is 2. The minimum atomic E-state index is 0. The van der Waals surface area contributed by atoms with E-state index >= 15 is 0 Å². The molecule has 3 heteroatoms. The summed E-state index contributed by atoms with van der Waals surface area (Å²) < 4.78 is 0. The third kappa shape index (κ3) is 7.70. The van der Waals surface area contributed by atoms with Gasteiger partial charge in [-0.2, -0.15) is 0 Å². The molecule has 0 unspecified atom stereocenters. The Morgan fingerprint density at radius 1 is 1.06 bits per heavy atom. The predicted molar refractivity (Wildman–Crippen MR) is 82.1 cm³/mol. The largest absolute Gasteiger partial charge is 0.329 e. The van der Waals surface area contributed by atoms with Gasteiger partial charge in [-0.1, -0.05) is 51.1 Å². The highest BCUT2D eigenvalue weighted by atomic mass is 35.5. The van der Waals surface area contributed by atoms with E-state index in [-0.39, 0.29) is 12.4 Å². The summed E-state index contributed by atoms with van der Waals surface area (Å²) in [6.45, 7) is 10.7. The SMILES string of the molecule is CC(C)(C)CCN(CCN)Cc1ccccc1.Cl. The molecule has 1 aromatic carbocycles. The number of benzene rings is 1. The molecule has 0 bridgehead atoms. The summed E-state index contributed by atoms with van der Waals surface area (Å²) in [5.41, 5.74) is 7.44. The molecule has 0 saturated carbocycles. The molecule has 1 rings (SSSR count). The van der Waals surface area contributed by atoms with Gasteiger partial charge in [0.2, 0.25) is 0 Å². The molecule has 0 aliphatic heterocycles. The van der Waals surface area contributed by atoms with Crippen LogP contribution in [0.25, 0.3) is 0 Å². The highest BCUT2D eigenvalue weighted by Gasteiger charge is 2.13. The van der Waals surface area contributed by atoms with E-state index in [2.05, 4.69) is 56.0 Å². The molecule has 2 nitrogen and oxygen atoms in total. The zero-order valence-corrected chi connectivity index (χ0v) is 12.7. The summed E-state index contributed by atoms with van der Waals surface area (Å²) in [6.07, 6.45) is 1.21. The van der Waals surface area contributed by atoms with Gasteiger partial charge < -0.3 is 5.73 Å². The number of nitrogens with zero attached hydrogens (tertiary/aromatic N) is 1. The van der Waals surface area contributed by atoms with Gasteiger partial charge in [0.25, 0.3) is 0 Å². The van der Waals surface area contributed by atoms with Crippen LogP contribution in [0.1, 0.15) is 32.8 Å². The van der Waals surface area contributed by atoms with Crippen molar-refractivity contribution in [3.05, 3.63) is 35.9 Å². The van der Waals surface area contributed by atoms with Crippen molar-refractivity contribution in [1.82, 2.24) is 4.90 Å². The molecule has 0 aliphatic carbocycles. The summed E-state index contributed by atoms with van der Waals surface area (Å²) in [4.78, 5) is 2.45. The van der Waals surface area contributed by atoms with E-state index in [9.17, 15) is 0 Å². The fraction of sp³-hybridized carbons (Fsp3) is 0.600. The first-order valence-electron chi connectivity index (χ1n) is 6.47. The third-order valence-electron chi connectivity index (χ3n) is 2.87. The van der Waals surface area contributed by atoms with Crippen molar-refractivity contribution in [2.45, 2.75) is 33.7 Å². The number of nitrogens with two attached hydrogens (primary N) is 1. The lowest BCUT2D eigenvalue weighted by atomic mass is 9.92. The summed E-state index contributed by atoms with van der Waals surface area (Å²) >= 11 is 0. The van der Waals surface area contributed by atoms with Gasteiger partial charge in [0.1, 0.15) is 0 Å². The first-order chi connectivity index (χ1) is 8.01. The van der Waals surface area contributed by atoms with Crippen LogP contribution in [0.4, 0.5) is 0 Å². The van der Waals surface area contributed by atoms with Gasteiger partial charge in [-0.05, 0) is 23.9 Å². The molecule has 0 heterocycles. The molecular weight excluding hydrogens is 244 g/mol. The zero-order valence-electron chi connectivity index (χ0n) is 11.9. The molecule has 0 fully saturated rings. The van der Waals surface area contributed by atoms with Crippen LogP contribution in [0.5, 0.6) is 0 Å². The van der Waals surface area contributed by atoms with E-state index in [1.165, 1.54) is 12.0 Å². The van der Waals surface area contributed by atoms with Crippen LogP contribution in [0.15, 0.2) is 30.3 Å². The quantitative estimate of drug-likeness (QED) is 0.859. The summed E-state index contributed by atoms with van der Waals surface area (Å²) in [5.74, 6) is 0. The summed E-state index contributed by atoms with van der Waals surface area (Å²) in [7, 11) is 0. The maximum atomic E-state index is 5.68. The number of rotatable bonds is 6. The van der Waals surface area contributed by atoms with Gasteiger partial charge in [-0.15, -0.1) is 12.4 Å². The van der Waals surface area contributed by atoms with Gasteiger partial charge in [0, 0.05) is 19.6 Å². The van der Waals surface area contributed by atoms with Gasteiger partial charge in [-0.3, -0.25) is 4.90 Å². The first kappa shape index (κ1) is 17.4. The Kier molecular flexibility index (Phi) is 8.25. The van der Waals surface area contributed by atoms with Crippen LogP contribution >= 0.6 is 12.4 Å². The lowest BCUT2D eigenvalue weighted by Gasteiger charge is -2.26. The van der Waals surface area contributed by atoms with Crippen molar-refractivity contribution in [2.24, 2.45) is 11.1 Å². The molecule has 104 valence electrons. The van der Waals surface area contributed by atoms with Crippen LogP contribution in [0.3, 0.4) is 0 Å². The summed E-state index contributed by atoms with van der Waals surface area (Å²) in [5, 5.41) is 0. The van der Waals surface area contributed by atoms with Gasteiger partial charge in [0.15, 0.2) is 0 Å². The maximum absolute atomic E-state index is 5.68. The Hall–Kier alpha value is -0.570. The highest BCUT2D eigenvalue weighted by molar-refractivity contribution is 5.85. The average Bonchev–Trinajstić information content (AvgIpc) is 2.27. The Bertz CT molecular complexity index is 306. The van der Waals surface area contributed by atoms with Crippen molar-refractivity contribution in [2.75, 3.05) is 19.6 Å². The fourth-order valence-corrected chi connectivity index (χ4v) is 1.79. The molecule has 2 N–H and O–H groups in total. The van der Waals surface area contributed by atoms with Crippen LogP contribution in [-0.4, -0.2) is 24.5 Å². The first-order valence-corrected chi connectivity index (χ1v) is 6.47. The van der Waals surface area contributed by atoms with Crippen LogP contribution in [-0.2, 0) is 6.54 Å². The van der Waals surface area contributed by atoms with E-state index in [0.717, 1.165) is 26.2 Å². The Balaban J connectivity index is 0.00000289. The lowest BCUT2D eigenvalue weighted by Crippen LogP contribution is -2.31. The number of hydrogen-bond donors (Lipinski definition) is 1. The van der Waals surface area contributed by atoms with Crippen molar-refractivity contribution >= 4 is 12.4 Å². The van der Waals surface area contributed by atoms with Crippen molar-refractivity contribution in [1.29, 1.82) is 0 Å². The van der Waals surface area contributed by atoms with Gasteiger partial charge in [0.05, 0.1) is 0 Å². The average molecular weight is 271 g/mol. The minimum absolute atomic E-state index is 0. The van der Waals surface area contributed by atoms with Crippen molar-refractivity contribution < 1.29 is 0 Å². The minimum Gasteiger partial charge on any atom is -0.329 e. The van der Waals surface area contributed by atoms with E-state index in [1.54, 1.807) is 0 Å². The topological polar surface area (TPSA) is 29.3 Å². The van der Waals surface area contributed by atoms with Gasteiger partial charge >= 0.3 is 0 Å². The Labute approximate surface area is 118 Å². The van der Waals surface area contributed by atoms with Crippen molar-refractivity contribution in [3.63, 3.8) is 0 Å². The van der Waals surface area contributed by atoms with Gasteiger partial charge in [-0.25, -0.2) is 0 Å². The molecule has 0 amide bonds. The number of halogens is 1. The second-order valence-electron chi connectivity index (χ2n) is 5.86. The normalized spacial score (nSPS) is 11.4. The lowest BCUT2D eigenvalue weighted by molar-refractivity contribution is 0.225. The standard InChI is InChI=1S/C15H26N2.ClH/c1-15(2,3)9-11-17(12-10-16)13-14-7-5-4-6-8-14;/h4-8H,9-13,16H2,1-3H3;1H. The highest BCUT2D eigenvalue weighted by Crippen LogP contribution is 2.19. The van der Waals surface area contributed by atoms with Crippen LogP contribution in [0.2, 0.25) is 0 Å². The molecule has 1 aromatic rings. The molecule has 0 saturated heterocycles. The monoisotopic (exact) mass is 270 g/mol. The van der Waals surface area contributed by atoms with Crippen LogP contribution in [0, 0.1) is 5.41 Å². The van der Waals surface area contributed by atoms with E-state index in [1.807, 2.05) is 0 Å². The van der Waals surface area contributed by atoms with E-state index in [0.29, 0.717) is 5.41 Å². The molecular formula is C15H27ClN2.